The largest absolute Gasteiger partial charge is 0.459 e. The summed E-state index contributed by atoms with van der Waals surface area (Å²) in [7, 11) is 0. The highest BCUT2D eigenvalue weighted by atomic mass is 79.9. The zero-order chi connectivity index (χ0) is 14.8. The summed E-state index contributed by atoms with van der Waals surface area (Å²) in [4.78, 5) is 12.9. The van der Waals surface area contributed by atoms with Gasteiger partial charge in [0.2, 0.25) is 5.43 Å². The van der Waals surface area contributed by atoms with Gasteiger partial charge in [-0.05, 0) is 24.1 Å². The Balaban J connectivity index is 2.40. The van der Waals surface area contributed by atoms with E-state index < -0.39 is 0 Å². The predicted octanol–water partition coefficient (Wildman–Crippen LogP) is 5.31. The maximum atomic E-state index is 12.9. The Morgan fingerprint density at radius 2 is 1.71 bits per heavy atom. The molecule has 0 saturated heterocycles. The van der Waals surface area contributed by atoms with E-state index >= 15 is 0 Å². The van der Waals surface area contributed by atoms with Crippen LogP contribution in [0.15, 0.2) is 63.8 Å². The van der Waals surface area contributed by atoms with E-state index in [1.165, 1.54) is 0 Å². The van der Waals surface area contributed by atoms with Gasteiger partial charge in [0.15, 0.2) is 0 Å². The summed E-state index contributed by atoms with van der Waals surface area (Å²) in [5.41, 5.74) is 2.20. The molecule has 0 amide bonds. The fourth-order valence-corrected chi connectivity index (χ4v) is 2.77. The zero-order valence-corrected chi connectivity index (χ0v) is 13.3. The lowest BCUT2D eigenvalue weighted by Gasteiger charge is -2.13. The number of rotatable bonds is 3. The molecule has 0 aliphatic carbocycles. The molecule has 21 heavy (non-hydrogen) atoms. The highest BCUT2D eigenvalue weighted by Crippen LogP contribution is 2.34. The minimum Gasteiger partial charge on any atom is -0.459 e. The van der Waals surface area contributed by atoms with Crippen LogP contribution in [0.3, 0.4) is 0 Å². The number of fused-ring (bicyclic) bond motifs is 1. The van der Waals surface area contributed by atoms with Gasteiger partial charge in [-0.15, -0.1) is 0 Å². The van der Waals surface area contributed by atoms with Crippen LogP contribution in [0.2, 0.25) is 0 Å². The fraction of sp³-hybridized carbons (Fsp3) is 0.167. The molecule has 106 valence electrons. The van der Waals surface area contributed by atoms with Gasteiger partial charge in [-0.25, -0.2) is 0 Å². The van der Waals surface area contributed by atoms with Crippen molar-refractivity contribution in [3.8, 4) is 11.1 Å². The smallest absolute Gasteiger partial charge is 0.200 e. The summed E-state index contributed by atoms with van der Waals surface area (Å²) in [5, 5.41) is 0.621. The number of hydrogen-bond acceptors (Lipinski definition) is 2. The third-order valence-electron chi connectivity index (χ3n) is 3.53. The first kappa shape index (κ1) is 14.1. The van der Waals surface area contributed by atoms with E-state index in [1.54, 1.807) is 0 Å². The first-order valence-electron chi connectivity index (χ1n) is 6.97. The quantitative estimate of drug-likeness (QED) is 0.604. The molecule has 0 aliphatic rings. The molecule has 0 radical (unpaired) electrons. The molecule has 0 N–H and O–H groups in total. The van der Waals surface area contributed by atoms with Gasteiger partial charge in [0, 0.05) is 0 Å². The second kappa shape index (κ2) is 5.86. The third kappa shape index (κ3) is 2.54. The van der Waals surface area contributed by atoms with Gasteiger partial charge < -0.3 is 4.42 Å². The van der Waals surface area contributed by atoms with E-state index in [4.69, 9.17) is 4.42 Å². The summed E-state index contributed by atoms with van der Waals surface area (Å²) in [5.74, 6) is 0.701. The highest BCUT2D eigenvalue weighted by molar-refractivity contribution is 9.09. The first-order valence-corrected chi connectivity index (χ1v) is 7.89. The van der Waals surface area contributed by atoms with Crippen LogP contribution in [0.25, 0.3) is 22.1 Å². The molecule has 2 nitrogen and oxygen atoms in total. The van der Waals surface area contributed by atoms with E-state index in [9.17, 15) is 4.79 Å². The summed E-state index contributed by atoms with van der Waals surface area (Å²) < 4.78 is 6.03. The monoisotopic (exact) mass is 342 g/mol. The summed E-state index contributed by atoms with van der Waals surface area (Å²) in [6.07, 6.45) is 0.848. The third-order valence-corrected chi connectivity index (χ3v) is 4.59. The highest BCUT2D eigenvalue weighted by Gasteiger charge is 2.20. The van der Waals surface area contributed by atoms with Crippen molar-refractivity contribution in [2.45, 2.75) is 18.2 Å². The van der Waals surface area contributed by atoms with Gasteiger partial charge in [0.25, 0.3) is 0 Å². The van der Waals surface area contributed by atoms with Gasteiger partial charge in [0.1, 0.15) is 11.3 Å². The average molecular weight is 343 g/mol. The van der Waals surface area contributed by atoms with Crippen molar-refractivity contribution in [1.82, 2.24) is 0 Å². The van der Waals surface area contributed by atoms with Crippen LogP contribution in [0.5, 0.6) is 0 Å². The SMILES string of the molecule is CCC(Br)c1oc2ccccc2c(=O)c1-c1ccccc1. The molecule has 0 aliphatic heterocycles. The van der Waals surface area contributed by atoms with Gasteiger partial charge in [-0.3, -0.25) is 4.79 Å². The molecule has 1 aromatic heterocycles. The average Bonchev–Trinajstić information content (AvgIpc) is 2.55. The molecular weight excluding hydrogens is 328 g/mol. The van der Waals surface area contributed by atoms with Crippen LogP contribution in [0, 0.1) is 0 Å². The topological polar surface area (TPSA) is 30.2 Å². The molecule has 1 heterocycles. The first-order chi connectivity index (χ1) is 10.2. The van der Waals surface area contributed by atoms with Crippen LogP contribution in [-0.4, -0.2) is 0 Å². The minimum absolute atomic E-state index is 0.0185. The van der Waals surface area contributed by atoms with Crippen molar-refractivity contribution >= 4 is 26.9 Å². The molecule has 1 atom stereocenters. The molecule has 0 saturated carbocycles. The number of alkyl halides is 1. The normalized spacial score (nSPS) is 12.5. The Kier molecular flexibility index (Phi) is 3.93. The number of para-hydroxylation sites is 1. The predicted molar refractivity (Wildman–Crippen MR) is 89.9 cm³/mol. The Bertz CT molecular complexity index is 821. The molecule has 0 fully saturated rings. The number of halogens is 1. The Morgan fingerprint density at radius 3 is 2.43 bits per heavy atom. The summed E-state index contributed by atoms with van der Waals surface area (Å²) >= 11 is 3.62. The second-order valence-corrected chi connectivity index (χ2v) is 6.01. The Labute approximate surface area is 131 Å². The van der Waals surface area contributed by atoms with E-state index in [-0.39, 0.29) is 10.3 Å². The Morgan fingerprint density at radius 1 is 1.05 bits per heavy atom. The molecular formula is C18H15BrO2. The van der Waals surface area contributed by atoms with Crippen molar-refractivity contribution in [3.63, 3.8) is 0 Å². The minimum atomic E-state index is 0.0185. The summed E-state index contributed by atoms with van der Waals surface area (Å²) in [6.45, 7) is 2.06. The van der Waals surface area contributed by atoms with Crippen molar-refractivity contribution in [3.05, 3.63) is 70.6 Å². The van der Waals surface area contributed by atoms with E-state index in [0.717, 1.165) is 12.0 Å². The van der Waals surface area contributed by atoms with Crippen LogP contribution in [0.4, 0.5) is 0 Å². The molecule has 2 aromatic carbocycles. The molecule has 1 unspecified atom stereocenters. The second-order valence-electron chi connectivity index (χ2n) is 4.91. The van der Waals surface area contributed by atoms with Crippen molar-refractivity contribution in [2.75, 3.05) is 0 Å². The lowest BCUT2D eigenvalue weighted by Crippen LogP contribution is -2.10. The molecule has 3 aromatic rings. The van der Waals surface area contributed by atoms with Crippen LogP contribution < -0.4 is 5.43 Å². The maximum Gasteiger partial charge on any atom is 0.200 e. The van der Waals surface area contributed by atoms with E-state index in [1.807, 2.05) is 54.6 Å². The lowest BCUT2D eigenvalue weighted by molar-refractivity contribution is 0.532. The number of benzene rings is 2. The molecule has 0 spiro atoms. The zero-order valence-electron chi connectivity index (χ0n) is 11.7. The van der Waals surface area contributed by atoms with Crippen LogP contribution in [-0.2, 0) is 0 Å². The molecule has 3 rings (SSSR count). The maximum absolute atomic E-state index is 12.9. The molecule has 0 bridgehead atoms. The van der Waals surface area contributed by atoms with Gasteiger partial charge in [0.05, 0.1) is 15.8 Å². The van der Waals surface area contributed by atoms with Crippen molar-refractivity contribution < 1.29 is 4.42 Å². The van der Waals surface area contributed by atoms with Crippen molar-refractivity contribution in [2.24, 2.45) is 0 Å². The number of hydrogen-bond donors (Lipinski definition) is 0. The van der Waals surface area contributed by atoms with Gasteiger partial charge >= 0.3 is 0 Å². The van der Waals surface area contributed by atoms with E-state index in [0.29, 0.717) is 22.3 Å². The standard InChI is InChI=1S/C18H15BrO2/c1-2-14(19)18-16(12-8-4-3-5-9-12)17(20)13-10-6-7-11-15(13)21-18/h3-11,14H,2H2,1H3. The van der Waals surface area contributed by atoms with Crippen LogP contribution in [0.1, 0.15) is 23.9 Å². The fourth-order valence-electron chi connectivity index (χ4n) is 2.44. The van der Waals surface area contributed by atoms with Crippen LogP contribution >= 0.6 is 15.9 Å². The molecule has 3 heteroatoms. The Hall–Kier alpha value is -1.87. The van der Waals surface area contributed by atoms with E-state index in [2.05, 4.69) is 22.9 Å². The summed E-state index contributed by atoms with van der Waals surface area (Å²) in [6, 6.07) is 17.1. The van der Waals surface area contributed by atoms with Crippen molar-refractivity contribution in [1.29, 1.82) is 0 Å². The lowest BCUT2D eigenvalue weighted by atomic mass is 10.00. The van der Waals surface area contributed by atoms with Gasteiger partial charge in [-0.1, -0.05) is 65.3 Å². The van der Waals surface area contributed by atoms with Gasteiger partial charge in [-0.2, -0.15) is 0 Å².